The minimum absolute atomic E-state index is 0.313. The Morgan fingerprint density at radius 2 is 1.85 bits per heavy atom. The van der Waals surface area contributed by atoms with Crippen molar-refractivity contribution in [2.24, 2.45) is 0 Å². The molecule has 13 heavy (non-hydrogen) atoms. The van der Waals surface area contributed by atoms with Gasteiger partial charge >= 0.3 is 0 Å². The molecule has 1 aromatic carbocycles. The summed E-state index contributed by atoms with van der Waals surface area (Å²) in [7, 11) is 4.14. The first kappa shape index (κ1) is 10.7. The highest BCUT2D eigenvalue weighted by Crippen LogP contribution is 2.27. The molecule has 0 heterocycles. The van der Waals surface area contributed by atoms with Crippen LogP contribution in [0, 0.1) is 13.8 Å². The van der Waals surface area contributed by atoms with Crippen molar-refractivity contribution < 1.29 is 0 Å². The molecule has 1 aromatic rings. The molecule has 2 heteroatoms. The van der Waals surface area contributed by atoms with Crippen LogP contribution < -0.4 is 0 Å². The van der Waals surface area contributed by atoms with Crippen molar-refractivity contribution in [1.82, 2.24) is 4.90 Å². The second-order valence-corrected chi connectivity index (χ2v) is 4.53. The van der Waals surface area contributed by atoms with E-state index in [1.54, 1.807) is 0 Å². The van der Waals surface area contributed by atoms with Gasteiger partial charge in [-0.25, -0.2) is 0 Å². The lowest BCUT2D eigenvalue weighted by atomic mass is 10.1. The smallest absolute Gasteiger partial charge is 0.0909 e. The number of rotatable bonds is 2. The van der Waals surface area contributed by atoms with Gasteiger partial charge in [-0.3, -0.25) is 4.90 Å². The van der Waals surface area contributed by atoms with Crippen LogP contribution >= 0.6 is 15.9 Å². The molecule has 1 unspecified atom stereocenters. The highest BCUT2D eigenvalue weighted by Gasteiger charge is 2.11. The van der Waals surface area contributed by atoms with E-state index in [0.717, 1.165) is 0 Å². The van der Waals surface area contributed by atoms with Gasteiger partial charge in [-0.15, -0.1) is 0 Å². The van der Waals surface area contributed by atoms with Crippen LogP contribution in [0.15, 0.2) is 18.2 Å². The number of alkyl halides is 1. The lowest BCUT2D eigenvalue weighted by Crippen LogP contribution is -2.15. The zero-order valence-electron chi connectivity index (χ0n) is 8.63. The topological polar surface area (TPSA) is 3.24 Å². The van der Waals surface area contributed by atoms with Crippen LogP contribution in [0.3, 0.4) is 0 Å². The van der Waals surface area contributed by atoms with Gasteiger partial charge in [0.1, 0.15) is 0 Å². The van der Waals surface area contributed by atoms with Gasteiger partial charge in [0.25, 0.3) is 0 Å². The number of hydrogen-bond acceptors (Lipinski definition) is 1. The van der Waals surface area contributed by atoms with Crippen LogP contribution in [0.4, 0.5) is 0 Å². The van der Waals surface area contributed by atoms with Crippen molar-refractivity contribution in [3.8, 4) is 0 Å². The molecule has 0 radical (unpaired) electrons. The Bertz CT molecular complexity index is 294. The van der Waals surface area contributed by atoms with Crippen LogP contribution in [0.1, 0.15) is 21.6 Å². The Hall–Kier alpha value is -0.340. The molecular weight excluding hydrogens is 226 g/mol. The zero-order valence-corrected chi connectivity index (χ0v) is 10.2. The Morgan fingerprint density at radius 3 is 2.31 bits per heavy atom. The summed E-state index contributed by atoms with van der Waals surface area (Å²) in [5, 5.41) is 0. The van der Waals surface area contributed by atoms with E-state index in [-0.39, 0.29) is 0 Å². The van der Waals surface area contributed by atoms with Gasteiger partial charge in [-0.2, -0.15) is 0 Å². The molecule has 1 nitrogen and oxygen atoms in total. The largest absolute Gasteiger partial charge is 0.293 e. The number of benzene rings is 1. The van der Waals surface area contributed by atoms with E-state index in [9.17, 15) is 0 Å². The maximum Gasteiger partial charge on any atom is 0.0909 e. The summed E-state index contributed by atoms with van der Waals surface area (Å²) >= 11 is 3.65. The van der Waals surface area contributed by atoms with Gasteiger partial charge in [0.2, 0.25) is 0 Å². The molecule has 0 aliphatic carbocycles. The maximum atomic E-state index is 3.65. The summed E-state index contributed by atoms with van der Waals surface area (Å²) in [6, 6.07) is 6.55. The first-order valence-electron chi connectivity index (χ1n) is 4.40. The number of halogens is 1. The summed E-state index contributed by atoms with van der Waals surface area (Å²) in [4.78, 5) is 2.46. The molecule has 0 saturated carbocycles. The molecule has 0 saturated heterocycles. The van der Waals surface area contributed by atoms with Crippen molar-refractivity contribution in [1.29, 1.82) is 0 Å². The van der Waals surface area contributed by atoms with Crippen molar-refractivity contribution >= 4 is 15.9 Å². The minimum Gasteiger partial charge on any atom is -0.293 e. The third kappa shape index (κ3) is 2.55. The zero-order chi connectivity index (χ0) is 10.0. The van der Waals surface area contributed by atoms with Gasteiger partial charge < -0.3 is 0 Å². The summed E-state index contributed by atoms with van der Waals surface area (Å²) < 4.78 is 0. The van der Waals surface area contributed by atoms with Crippen LogP contribution in [0.2, 0.25) is 0 Å². The quantitative estimate of drug-likeness (QED) is 0.568. The van der Waals surface area contributed by atoms with Crippen molar-refractivity contribution in [3.63, 3.8) is 0 Å². The third-order valence-corrected chi connectivity index (χ3v) is 3.45. The molecule has 0 fully saturated rings. The van der Waals surface area contributed by atoms with E-state index in [4.69, 9.17) is 0 Å². The molecule has 0 aliphatic rings. The van der Waals surface area contributed by atoms with Crippen molar-refractivity contribution in [3.05, 3.63) is 34.9 Å². The SMILES string of the molecule is Cc1ccc(C(Br)N(C)C)c(C)c1. The van der Waals surface area contributed by atoms with Crippen molar-refractivity contribution in [2.75, 3.05) is 14.1 Å². The van der Waals surface area contributed by atoms with E-state index in [0.29, 0.717) is 4.95 Å². The predicted molar refractivity (Wildman–Crippen MR) is 61.3 cm³/mol. The van der Waals surface area contributed by atoms with Crippen LogP contribution in [-0.2, 0) is 0 Å². The van der Waals surface area contributed by atoms with E-state index < -0.39 is 0 Å². The summed E-state index contributed by atoms with van der Waals surface area (Å²) in [6.07, 6.45) is 0. The Balaban J connectivity index is 3.01. The highest BCUT2D eigenvalue weighted by atomic mass is 79.9. The maximum absolute atomic E-state index is 3.65. The lowest BCUT2D eigenvalue weighted by Gasteiger charge is -2.20. The van der Waals surface area contributed by atoms with E-state index in [2.05, 4.69) is 67.0 Å². The molecule has 72 valence electrons. The Labute approximate surface area is 88.9 Å². The average molecular weight is 242 g/mol. The summed E-state index contributed by atoms with van der Waals surface area (Å²) in [6.45, 7) is 4.27. The number of nitrogens with zero attached hydrogens (tertiary/aromatic N) is 1. The van der Waals surface area contributed by atoms with E-state index in [1.165, 1.54) is 16.7 Å². The molecule has 0 N–H and O–H groups in total. The fourth-order valence-electron chi connectivity index (χ4n) is 1.37. The Kier molecular flexibility index (Phi) is 3.51. The molecule has 1 rings (SSSR count). The second kappa shape index (κ2) is 4.25. The molecule has 0 aliphatic heterocycles. The van der Waals surface area contributed by atoms with E-state index in [1.807, 2.05) is 0 Å². The van der Waals surface area contributed by atoms with E-state index >= 15 is 0 Å². The van der Waals surface area contributed by atoms with Gasteiger partial charge in [0, 0.05) is 0 Å². The Morgan fingerprint density at radius 1 is 1.23 bits per heavy atom. The fourth-order valence-corrected chi connectivity index (χ4v) is 1.88. The van der Waals surface area contributed by atoms with Gasteiger partial charge in [-0.05, 0) is 39.1 Å². The standard InChI is InChI=1S/C11H16BrN/c1-8-5-6-10(9(2)7-8)11(12)13(3)4/h5-7,11H,1-4H3. The molecule has 0 aromatic heterocycles. The predicted octanol–water partition coefficient (Wildman–Crippen LogP) is 3.26. The molecular formula is C11H16BrN. The van der Waals surface area contributed by atoms with Gasteiger partial charge in [0.15, 0.2) is 0 Å². The first-order chi connectivity index (χ1) is 6.02. The number of hydrogen-bond donors (Lipinski definition) is 0. The average Bonchev–Trinajstić information content (AvgIpc) is 2.03. The third-order valence-electron chi connectivity index (χ3n) is 2.14. The summed E-state index contributed by atoms with van der Waals surface area (Å²) in [5.41, 5.74) is 4.01. The lowest BCUT2D eigenvalue weighted by molar-refractivity contribution is 0.397. The van der Waals surface area contributed by atoms with Gasteiger partial charge in [0.05, 0.1) is 4.95 Å². The van der Waals surface area contributed by atoms with Gasteiger partial charge in [-0.1, -0.05) is 39.7 Å². The van der Waals surface area contributed by atoms with Crippen LogP contribution in [0.25, 0.3) is 0 Å². The normalized spacial score (nSPS) is 13.4. The monoisotopic (exact) mass is 241 g/mol. The van der Waals surface area contributed by atoms with Crippen LogP contribution in [0.5, 0.6) is 0 Å². The second-order valence-electron chi connectivity index (χ2n) is 3.66. The molecule has 0 bridgehead atoms. The molecule has 0 amide bonds. The minimum atomic E-state index is 0.313. The molecule has 0 spiro atoms. The fraction of sp³-hybridized carbons (Fsp3) is 0.455. The molecule has 1 atom stereocenters. The van der Waals surface area contributed by atoms with Crippen LogP contribution in [-0.4, -0.2) is 19.0 Å². The summed E-state index contributed by atoms with van der Waals surface area (Å²) in [5.74, 6) is 0. The first-order valence-corrected chi connectivity index (χ1v) is 5.31. The van der Waals surface area contributed by atoms with Crippen molar-refractivity contribution in [2.45, 2.75) is 18.8 Å². The number of aryl methyl sites for hydroxylation is 2. The highest BCUT2D eigenvalue weighted by molar-refractivity contribution is 9.09.